The van der Waals surface area contributed by atoms with Crippen LogP contribution in [0.1, 0.15) is 31.2 Å². The summed E-state index contributed by atoms with van der Waals surface area (Å²) in [4.78, 5) is 38.9. The van der Waals surface area contributed by atoms with Gasteiger partial charge in [0.2, 0.25) is 17.7 Å². The van der Waals surface area contributed by atoms with Crippen molar-refractivity contribution in [1.29, 1.82) is 0 Å². The van der Waals surface area contributed by atoms with E-state index >= 15 is 0 Å². The van der Waals surface area contributed by atoms with Gasteiger partial charge in [-0.2, -0.15) is 0 Å². The van der Waals surface area contributed by atoms with Crippen molar-refractivity contribution in [1.82, 2.24) is 10.2 Å². The number of nitrogens with one attached hydrogen (secondary N) is 1. The molecule has 4 rings (SSSR count). The molecular weight excluding hydrogens is 280 g/mol. The lowest BCUT2D eigenvalue weighted by Gasteiger charge is -2.35. The Labute approximate surface area is 128 Å². The summed E-state index contributed by atoms with van der Waals surface area (Å²) >= 11 is 0. The van der Waals surface area contributed by atoms with E-state index in [9.17, 15) is 14.4 Å². The first kappa shape index (κ1) is 13.5. The molecule has 1 N–H and O–H groups in total. The number of benzene rings is 1. The summed E-state index contributed by atoms with van der Waals surface area (Å²) in [6, 6.07) is 9.74. The van der Waals surface area contributed by atoms with Crippen LogP contribution < -0.4 is 5.32 Å². The van der Waals surface area contributed by atoms with Crippen LogP contribution in [0, 0.1) is 11.3 Å². The first-order valence-electron chi connectivity index (χ1n) is 7.81. The number of nitrogens with zero attached hydrogens (tertiary/aromatic N) is 1. The van der Waals surface area contributed by atoms with Gasteiger partial charge >= 0.3 is 0 Å². The van der Waals surface area contributed by atoms with Gasteiger partial charge in [-0.1, -0.05) is 36.8 Å². The number of likely N-dealkylation sites (tertiary alicyclic amines) is 1. The molecule has 22 heavy (non-hydrogen) atoms. The lowest BCUT2D eigenvalue weighted by Crippen LogP contribution is -2.55. The summed E-state index contributed by atoms with van der Waals surface area (Å²) < 4.78 is 0. The molecule has 0 bridgehead atoms. The second kappa shape index (κ2) is 4.66. The third-order valence-corrected chi connectivity index (χ3v) is 5.50. The topological polar surface area (TPSA) is 66.5 Å². The number of carbonyl (C=O) groups excluding carboxylic acids is 3. The molecule has 114 valence electrons. The molecule has 1 aromatic carbocycles. The average Bonchev–Trinajstić information content (AvgIpc) is 3.02. The van der Waals surface area contributed by atoms with Gasteiger partial charge in [0, 0.05) is 19.0 Å². The van der Waals surface area contributed by atoms with Gasteiger partial charge in [-0.05, 0) is 18.4 Å². The molecule has 3 fully saturated rings. The second-order valence-corrected chi connectivity index (χ2v) is 6.53. The molecule has 2 heterocycles. The Hall–Kier alpha value is -2.17. The van der Waals surface area contributed by atoms with E-state index in [2.05, 4.69) is 5.32 Å². The van der Waals surface area contributed by atoms with Gasteiger partial charge in [0.1, 0.15) is 0 Å². The number of amides is 3. The van der Waals surface area contributed by atoms with E-state index in [0.29, 0.717) is 13.0 Å². The first-order valence-corrected chi connectivity index (χ1v) is 7.81. The standard InChI is InChI=1S/C17H18N2O3/c20-14-9-12-15(21)19(10-11-5-2-1-3-6-11)13-7-4-8-17(12,13)16(22)18-14/h1-3,5-6,12-13H,4,7-10H2,(H,18,20,22)/t12-,13-,17-/m1/s1. The summed E-state index contributed by atoms with van der Waals surface area (Å²) in [6.07, 6.45) is 2.63. The Balaban J connectivity index is 1.71. The highest BCUT2D eigenvalue weighted by atomic mass is 16.2. The molecule has 0 unspecified atom stereocenters. The molecule has 1 aromatic rings. The van der Waals surface area contributed by atoms with Crippen LogP contribution in [0.3, 0.4) is 0 Å². The molecule has 0 radical (unpaired) electrons. The minimum Gasteiger partial charge on any atom is -0.334 e. The monoisotopic (exact) mass is 298 g/mol. The van der Waals surface area contributed by atoms with Crippen LogP contribution in [-0.2, 0) is 20.9 Å². The molecule has 5 heteroatoms. The molecule has 5 nitrogen and oxygen atoms in total. The van der Waals surface area contributed by atoms with Crippen LogP contribution in [0.2, 0.25) is 0 Å². The van der Waals surface area contributed by atoms with E-state index in [4.69, 9.17) is 0 Å². The average molecular weight is 298 g/mol. The summed E-state index contributed by atoms with van der Waals surface area (Å²) in [6.45, 7) is 0.518. The first-order chi connectivity index (χ1) is 10.6. The quantitative estimate of drug-likeness (QED) is 0.835. The van der Waals surface area contributed by atoms with E-state index in [-0.39, 0.29) is 30.2 Å². The smallest absolute Gasteiger partial charge is 0.235 e. The molecule has 3 amide bonds. The summed E-state index contributed by atoms with van der Waals surface area (Å²) in [7, 11) is 0. The van der Waals surface area contributed by atoms with Crippen molar-refractivity contribution >= 4 is 17.7 Å². The van der Waals surface area contributed by atoms with E-state index in [0.717, 1.165) is 18.4 Å². The van der Waals surface area contributed by atoms with Crippen LogP contribution in [0.15, 0.2) is 30.3 Å². The Morgan fingerprint density at radius 3 is 2.73 bits per heavy atom. The van der Waals surface area contributed by atoms with E-state index in [1.165, 1.54) is 0 Å². The number of hydrogen-bond acceptors (Lipinski definition) is 3. The number of piperidine rings is 1. The highest BCUT2D eigenvalue weighted by molar-refractivity contribution is 6.07. The van der Waals surface area contributed by atoms with Crippen LogP contribution in [-0.4, -0.2) is 28.7 Å². The number of rotatable bonds is 2. The molecule has 1 spiro atoms. The second-order valence-electron chi connectivity index (χ2n) is 6.53. The molecule has 3 aliphatic rings. The van der Waals surface area contributed by atoms with Crippen molar-refractivity contribution in [2.45, 2.75) is 38.3 Å². The Kier molecular flexibility index (Phi) is 2.86. The maximum atomic E-state index is 12.8. The minimum atomic E-state index is -0.681. The third-order valence-electron chi connectivity index (χ3n) is 5.50. The van der Waals surface area contributed by atoms with E-state index in [1.54, 1.807) is 0 Å². The van der Waals surface area contributed by atoms with Crippen LogP contribution in [0.5, 0.6) is 0 Å². The Morgan fingerprint density at radius 1 is 1.18 bits per heavy atom. The molecule has 0 aromatic heterocycles. The lowest BCUT2D eigenvalue weighted by molar-refractivity contribution is -0.148. The highest BCUT2D eigenvalue weighted by Crippen LogP contribution is 2.55. The fraction of sp³-hybridized carbons (Fsp3) is 0.471. The summed E-state index contributed by atoms with van der Waals surface area (Å²) in [5.74, 6) is -1.05. The van der Waals surface area contributed by atoms with Crippen LogP contribution >= 0.6 is 0 Å². The van der Waals surface area contributed by atoms with Crippen molar-refractivity contribution in [3.8, 4) is 0 Å². The van der Waals surface area contributed by atoms with Crippen LogP contribution in [0.25, 0.3) is 0 Å². The normalized spacial score (nSPS) is 33.6. The predicted molar refractivity (Wildman–Crippen MR) is 78.3 cm³/mol. The Bertz CT molecular complexity index is 657. The predicted octanol–water partition coefficient (Wildman–Crippen LogP) is 1.23. The largest absolute Gasteiger partial charge is 0.334 e. The fourth-order valence-corrected chi connectivity index (χ4v) is 4.57. The molecule has 1 aliphatic carbocycles. The van der Waals surface area contributed by atoms with Gasteiger partial charge in [0.15, 0.2) is 0 Å². The molecular formula is C17H18N2O3. The van der Waals surface area contributed by atoms with Crippen LogP contribution in [0.4, 0.5) is 0 Å². The SMILES string of the molecule is O=C1C[C@@H]2C(=O)N(Cc3ccccc3)[C@@H]3CCC[C@@]23C(=O)N1. The number of hydrogen-bond donors (Lipinski definition) is 1. The van der Waals surface area contributed by atoms with Gasteiger partial charge < -0.3 is 4.90 Å². The lowest BCUT2D eigenvalue weighted by atomic mass is 9.70. The summed E-state index contributed by atoms with van der Waals surface area (Å²) in [5, 5.41) is 2.46. The van der Waals surface area contributed by atoms with Crippen molar-refractivity contribution in [3.63, 3.8) is 0 Å². The zero-order valence-electron chi connectivity index (χ0n) is 12.2. The molecule has 3 atom stereocenters. The van der Waals surface area contributed by atoms with Crippen molar-refractivity contribution in [2.75, 3.05) is 0 Å². The maximum absolute atomic E-state index is 12.8. The highest BCUT2D eigenvalue weighted by Gasteiger charge is 2.66. The molecule has 1 saturated carbocycles. The number of carbonyl (C=O) groups is 3. The third kappa shape index (κ3) is 1.68. The molecule has 2 saturated heterocycles. The van der Waals surface area contributed by atoms with Gasteiger partial charge in [0.05, 0.1) is 11.3 Å². The van der Waals surface area contributed by atoms with Gasteiger partial charge in [0.25, 0.3) is 0 Å². The minimum absolute atomic E-state index is 0.0308. The molecule has 2 aliphatic heterocycles. The van der Waals surface area contributed by atoms with Crippen molar-refractivity contribution < 1.29 is 14.4 Å². The van der Waals surface area contributed by atoms with Gasteiger partial charge in [-0.3, -0.25) is 19.7 Å². The van der Waals surface area contributed by atoms with Gasteiger partial charge in [-0.15, -0.1) is 0 Å². The fourth-order valence-electron chi connectivity index (χ4n) is 4.57. The van der Waals surface area contributed by atoms with E-state index in [1.807, 2.05) is 35.2 Å². The maximum Gasteiger partial charge on any atom is 0.235 e. The Morgan fingerprint density at radius 2 is 1.95 bits per heavy atom. The van der Waals surface area contributed by atoms with Crippen molar-refractivity contribution in [3.05, 3.63) is 35.9 Å². The zero-order valence-corrected chi connectivity index (χ0v) is 12.2. The van der Waals surface area contributed by atoms with E-state index < -0.39 is 11.3 Å². The zero-order chi connectivity index (χ0) is 15.3. The van der Waals surface area contributed by atoms with Crippen molar-refractivity contribution in [2.24, 2.45) is 11.3 Å². The van der Waals surface area contributed by atoms with Gasteiger partial charge in [-0.25, -0.2) is 0 Å². The number of imide groups is 1. The summed E-state index contributed by atoms with van der Waals surface area (Å²) in [5.41, 5.74) is 0.378.